The third kappa shape index (κ3) is 1.65. The first-order chi connectivity index (χ1) is 6.81. The van der Waals surface area contributed by atoms with Gasteiger partial charge in [0.1, 0.15) is 5.52 Å². The van der Waals surface area contributed by atoms with Crippen molar-refractivity contribution in [2.24, 2.45) is 0 Å². The highest BCUT2D eigenvalue weighted by molar-refractivity contribution is 7.80. The predicted molar refractivity (Wildman–Crippen MR) is 56.8 cm³/mol. The van der Waals surface area contributed by atoms with Crippen molar-refractivity contribution in [3.05, 3.63) is 30.2 Å². The van der Waals surface area contributed by atoms with Crippen molar-refractivity contribution in [1.82, 2.24) is 4.98 Å². The van der Waals surface area contributed by atoms with E-state index in [4.69, 9.17) is 4.42 Å². The fourth-order valence-corrected chi connectivity index (χ4v) is 1.48. The molecule has 1 aromatic carbocycles. The Labute approximate surface area is 86.5 Å². The molecule has 2 aromatic rings. The Bertz CT molecular complexity index is 464. The summed E-state index contributed by atoms with van der Waals surface area (Å²) in [5.74, 6) is 0.645. The van der Waals surface area contributed by atoms with Crippen LogP contribution in [0.25, 0.3) is 11.1 Å². The van der Waals surface area contributed by atoms with Gasteiger partial charge < -0.3 is 4.42 Å². The van der Waals surface area contributed by atoms with Crippen LogP contribution in [-0.4, -0.2) is 16.5 Å². The van der Waals surface area contributed by atoms with Gasteiger partial charge in [-0.25, -0.2) is 4.98 Å². The summed E-state index contributed by atoms with van der Waals surface area (Å²) in [6.07, 6.45) is 1.82. The van der Waals surface area contributed by atoms with Crippen molar-refractivity contribution >= 4 is 29.5 Å². The number of hydrogen-bond donors (Lipinski definition) is 1. The summed E-state index contributed by atoms with van der Waals surface area (Å²) in [5.41, 5.74) is 2.07. The molecule has 14 heavy (non-hydrogen) atoms. The van der Waals surface area contributed by atoms with Gasteiger partial charge in [-0.15, -0.1) is 0 Å². The second-order valence-corrected chi connectivity index (χ2v) is 3.38. The molecular formula is C10H9NO2S. The normalized spacial score (nSPS) is 10.6. The van der Waals surface area contributed by atoms with Gasteiger partial charge in [-0.2, -0.15) is 12.6 Å². The Kier molecular flexibility index (Phi) is 2.54. The average Bonchev–Trinajstić information content (AvgIpc) is 2.64. The van der Waals surface area contributed by atoms with E-state index in [1.54, 1.807) is 18.2 Å². The van der Waals surface area contributed by atoms with Crippen LogP contribution in [0.3, 0.4) is 0 Å². The third-order valence-electron chi connectivity index (χ3n) is 1.99. The van der Waals surface area contributed by atoms with Crippen LogP contribution in [0.1, 0.15) is 16.8 Å². The Morgan fingerprint density at radius 3 is 3.14 bits per heavy atom. The van der Waals surface area contributed by atoms with Crippen LogP contribution in [0.15, 0.2) is 29.0 Å². The first-order valence-corrected chi connectivity index (χ1v) is 4.92. The maximum absolute atomic E-state index is 11.5. The number of benzene rings is 1. The standard InChI is InChI=1S/C10H9NO2S/c12-9(3-4-14)7-1-2-8-10(5-7)13-6-11-8/h1-2,5-6,14H,3-4H2. The van der Waals surface area contributed by atoms with Crippen molar-refractivity contribution in [2.75, 3.05) is 5.75 Å². The second kappa shape index (κ2) is 3.84. The number of fused-ring (bicyclic) bond motifs is 1. The number of Topliss-reactive ketones (excluding diaryl/α,β-unsaturated/α-hetero) is 1. The number of oxazole rings is 1. The number of ketones is 1. The van der Waals surface area contributed by atoms with Crippen LogP contribution in [0.2, 0.25) is 0 Å². The molecule has 4 heteroatoms. The van der Waals surface area contributed by atoms with E-state index in [9.17, 15) is 4.79 Å². The molecule has 0 N–H and O–H groups in total. The van der Waals surface area contributed by atoms with Gasteiger partial charge in [-0.3, -0.25) is 4.79 Å². The number of hydrogen-bond acceptors (Lipinski definition) is 4. The molecule has 0 saturated carbocycles. The van der Waals surface area contributed by atoms with Crippen molar-refractivity contribution in [1.29, 1.82) is 0 Å². The number of nitrogens with zero attached hydrogens (tertiary/aromatic N) is 1. The quantitative estimate of drug-likeness (QED) is 0.620. The van der Waals surface area contributed by atoms with Gasteiger partial charge in [0.05, 0.1) is 0 Å². The zero-order valence-electron chi connectivity index (χ0n) is 7.43. The number of carbonyl (C=O) groups is 1. The molecule has 3 nitrogen and oxygen atoms in total. The highest BCUT2D eigenvalue weighted by Crippen LogP contribution is 2.15. The number of thiol groups is 1. The molecule has 0 unspecified atom stereocenters. The minimum absolute atomic E-state index is 0.0818. The Balaban J connectivity index is 2.38. The van der Waals surface area contributed by atoms with Crippen LogP contribution >= 0.6 is 12.6 Å². The van der Waals surface area contributed by atoms with E-state index in [0.717, 1.165) is 5.52 Å². The maximum Gasteiger partial charge on any atom is 0.181 e. The average molecular weight is 207 g/mol. The fourth-order valence-electron chi connectivity index (χ4n) is 1.27. The van der Waals surface area contributed by atoms with Gasteiger partial charge >= 0.3 is 0 Å². The molecular weight excluding hydrogens is 198 g/mol. The molecule has 0 spiro atoms. The Morgan fingerprint density at radius 1 is 1.50 bits per heavy atom. The molecule has 0 radical (unpaired) electrons. The molecule has 0 aliphatic heterocycles. The van der Waals surface area contributed by atoms with Crippen LogP contribution in [-0.2, 0) is 0 Å². The van der Waals surface area contributed by atoms with E-state index < -0.39 is 0 Å². The molecule has 72 valence electrons. The smallest absolute Gasteiger partial charge is 0.181 e. The minimum atomic E-state index is 0.0818. The van der Waals surface area contributed by atoms with E-state index in [1.807, 2.05) is 0 Å². The van der Waals surface area contributed by atoms with E-state index >= 15 is 0 Å². The molecule has 1 heterocycles. The minimum Gasteiger partial charge on any atom is -0.443 e. The number of carbonyl (C=O) groups excluding carboxylic acids is 1. The highest BCUT2D eigenvalue weighted by atomic mass is 32.1. The van der Waals surface area contributed by atoms with Crippen molar-refractivity contribution in [3.63, 3.8) is 0 Å². The van der Waals surface area contributed by atoms with Crippen LogP contribution in [0.5, 0.6) is 0 Å². The molecule has 0 aliphatic rings. The fraction of sp³-hybridized carbons (Fsp3) is 0.200. The summed E-state index contributed by atoms with van der Waals surface area (Å²) in [7, 11) is 0. The SMILES string of the molecule is O=C(CCS)c1ccc2ncoc2c1. The number of aromatic nitrogens is 1. The van der Waals surface area contributed by atoms with Gasteiger partial charge in [0.25, 0.3) is 0 Å². The Hall–Kier alpha value is -1.29. The summed E-state index contributed by atoms with van der Waals surface area (Å²) in [6, 6.07) is 5.26. The van der Waals surface area contributed by atoms with Crippen LogP contribution in [0, 0.1) is 0 Å². The summed E-state index contributed by atoms with van der Waals surface area (Å²) >= 11 is 4.01. The summed E-state index contributed by atoms with van der Waals surface area (Å²) in [4.78, 5) is 15.5. The van der Waals surface area contributed by atoms with Gasteiger partial charge in [0, 0.05) is 12.0 Å². The lowest BCUT2D eigenvalue weighted by Crippen LogP contribution is -1.98. The van der Waals surface area contributed by atoms with E-state index in [0.29, 0.717) is 23.3 Å². The monoisotopic (exact) mass is 207 g/mol. The topological polar surface area (TPSA) is 43.1 Å². The van der Waals surface area contributed by atoms with Crippen LogP contribution in [0.4, 0.5) is 0 Å². The molecule has 0 saturated heterocycles. The molecule has 0 bridgehead atoms. The molecule has 0 aliphatic carbocycles. The number of rotatable bonds is 3. The lowest BCUT2D eigenvalue weighted by Gasteiger charge is -1.97. The van der Waals surface area contributed by atoms with Crippen LogP contribution < -0.4 is 0 Å². The first kappa shape index (κ1) is 9.27. The van der Waals surface area contributed by atoms with Gasteiger partial charge in [-0.05, 0) is 24.0 Å². The van der Waals surface area contributed by atoms with Crippen molar-refractivity contribution in [2.45, 2.75) is 6.42 Å². The lowest BCUT2D eigenvalue weighted by molar-refractivity contribution is 0.0989. The highest BCUT2D eigenvalue weighted by Gasteiger charge is 2.06. The third-order valence-corrected chi connectivity index (χ3v) is 2.22. The van der Waals surface area contributed by atoms with Gasteiger partial charge in [0.15, 0.2) is 17.8 Å². The molecule has 0 atom stereocenters. The summed E-state index contributed by atoms with van der Waals surface area (Å²) in [6.45, 7) is 0. The predicted octanol–water partition coefficient (Wildman–Crippen LogP) is 2.33. The molecule has 0 amide bonds. The van der Waals surface area contributed by atoms with Gasteiger partial charge in [-0.1, -0.05) is 0 Å². The molecule has 0 fully saturated rings. The molecule has 1 aromatic heterocycles. The van der Waals surface area contributed by atoms with Crippen molar-refractivity contribution < 1.29 is 9.21 Å². The zero-order valence-corrected chi connectivity index (χ0v) is 8.33. The van der Waals surface area contributed by atoms with Crippen molar-refractivity contribution in [3.8, 4) is 0 Å². The van der Waals surface area contributed by atoms with E-state index in [1.165, 1.54) is 6.39 Å². The molecule has 2 rings (SSSR count). The first-order valence-electron chi connectivity index (χ1n) is 4.28. The zero-order chi connectivity index (χ0) is 9.97. The van der Waals surface area contributed by atoms with E-state index in [2.05, 4.69) is 17.6 Å². The lowest BCUT2D eigenvalue weighted by atomic mass is 10.1. The maximum atomic E-state index is 11.5. The van der Waals surface area contributed by atoms with Gasteiger partial charge in [0.2, 0.25) is 0 Å². The second-order valence-electron chi connectivity index (χ2n) is 2.93. The van der Waals surface area contributed by atoms with E-state index in [-0.39, 0.29) is 5.78 Å². The Morgan fingerprint density at radius 2 is 2.36 bits per heavy atom. The summed E-state index contributed by atoms with van der Waals surface area (Å²) < 4.78 is 5.10. The summed E-state index contributed by atoms with van der Waals surface area (Å²) in [5, 5.41) is 0. The largest absolute Gasteiger partial charge is 0.443 e.